The lowest BCUT2D eigenvalue weighted by atomic mass is 10.2. The zero-order valence-corrected chi connectivity index (χ0v) is 12.2. The average molecular weight is 278 g/mol. The number of nitrogens with zero attached hydrogens (tertiary/aromatic N) is 2. The molecule has 102 valence electrons. The van der Waals surface area contributed by atoms with Crippen molar-refractivity contribution in [2.24, 2.45) is 0 Å². The fourth-order valence-electron chi connectivity index (χ4n) is 1.66. The molecular weight excluding hydrogens is 260 g/mol. The van der Waals surface area contributed by atoms with Gasteiger partial charge in [-0.1, -0.05) is 13.8 Å². The standard InChI is InChI=1S/C13H18N4OS/c1-8(2)13-16-10(6-11(18)17-13)14-5-4-12-15-9(3)7-19-12/h6-8H,4-5H2,1-3H3,(H2,14,16,17,18). The third kappa shape index (κ3) is 3.89. The van der Waals surface area contributed by atoms with Crippen LogP contribution in [0.1, 0.15) is 36.3 Å². The Morgan fingerprint density at radius 3 is 2.84 bits per heavy atom. The molecule has 0 spiro atoms. The van der Waals surface area contributed by atoms with Crippen LogP contribution in [-0.4, -0.2) is 21.5 Å². The number of hydrogen-bond acceptors (Lipinski definition) is 5. The second-order valence-electron chi connectivity index (χ2n) is 4.73. The summed E-state index contributed by atoms with van der Waals surface area (Å²) in [7, 11) is 0. The quantitative estimate of drug-likeness (QED) is 0.880. The fraction of sp³-hybridized carbons (Fsp3) is 0.462. The number of anilines is 1. The molecule has 2 rings (SSSR count). The van der Waals surface area contributed by atoms with Gasteiger partial charge in [0.05, 0.1) is 5.01 Å². The van der Waals surface area contributed by atoms with E-state index >= 15 is 0 Å². The van der Waals surface area contributed by atoms with E-state index in [-0.39, 0.29) is 11.5 Å². The molecule has 0 saturated carbocycles. The van der Waals surface area contributed by atoms with Gasteiger partial charge >= 0.3 is 0 Å². The normalized spacial score (nSPS) is 10.9. The van der Waals surface area contributed by atoms with Crippen molar-refractivity contribution >= 4 is 17.2 Å². The van der Waals surface area contributed by atoms with Crippen molar-refractivity contribution in [1.82, 2.24) is 15.0 Å². The van der Waals surface area contributed by atoms with E-state index in [9.17, 15) is 4.79 Å². The molecule has 5 nitrogen and oxygen atoms in total. The number of nitrogens with one attached hydrogen (secondary N) is 2. The van der Waals surface area contributed by atoms with Crippen LogP contribution in [0.3, 0.4) is 0 Å². The molecule has 2 aromatic rings. The Morgan fingerprint density at radius 1 is 1.42 bits per heavy atom. The highest BCUT2D eigenvalue weighted by atomic mass is 32.1. The van der Waals surface area contributed by atoms with Crippen LogP contribution in [0.5, 0.6) is 0 Å². The Labute approximate surface area is 116 Å². The van der Waals surface area contributed by atoms with E-state index in [1.807, 2.05) is 26.2 Å². The minimum Gasteiger partial charge on any atom is -0.369 e. The summed E-state index contributed by atoms with van der Waals surface area (Å²) < 4.78 is 0. The van der Waals surface area contributed by atoms with Crippen LogP contribution < -0.4 is 10.9 Å². The third-order valence-electron chi connectivity index (χ3n) is 2.62. The van der Waals surface area contributed by atoms with Crippen molar-refractivity contribution in [3.8, 4) is 0 Å². The molecule has 2 N–H and O–H groups in total. The van der Waals surface area contributed by atoms with E-state index in [1.165, 1.54) is 6.07 Å². The lowest BCUT2D eigenvalue weighted by molar-refractivity contribution is 0.766. The van der Waals surface area contributed by atoms with Crippen LogP contribution >= 0.6 is 11.3 Å². The molecule has 0 aliphatic carbocycles. The van der Waals surface area contributed by atoms with E-state index in [2.05, 4.69) is 20.3 Å². The van der Waals surface area contributed by atoms with Crippen molar-refractivity contribution in [3.63, 3.8) is 0 Å². The lowest BCUT2D eigenvalue weighted by Crippen LogP contribution is -2.15. The maximum absolute atomic E-state index is 11.5. The van der Waals surface area contributed by atoms with Crippen LogP contribution in [0.25, 0.3) is 0 Å². The van der Waals surface area contributed by atoms with Crippen molar-refractivity contribution in [1.29, 1.82) is 0 Å². The van der Waals surface area contributed by atoms with Gasteiger partial charge in [-0.2, -0.15) is 0 Å². The zero-order valence-electron chi connectivity index (χ0n) is 11.4. The first-order valence-corrected chi connectivity index (χ1v) is 7.18. The summed E-state index contributed by atoms with van der Waals surface area (Å²) in [6, 6.07) is 1.49. The number of aromatic nitrogens is 3. The van der Waals surface area contributed by atoms with Crippen molar-refractivity contribution in [3.05, 3.63) is 38.3 Å². The largest absolute Gasteiger partial charge is 0.369 e. The minimum absolute atomic E-state index is 0.119. The molecule has 0 aromatic carbocycles. The van der Waals surface area contributed by atoms with Crippen LogP contribution in [-0.2, 0) is 6.42 Å². The van der Waals surface area contributed by atoms with E-state index in [4.69, 9.17) is 0 Å². The van der Waals surface area contributed by atoms with Gasteiger partial charge in [0.15, 0.2) is 0 Å². The van der Waals surface area contributed by atoms with Gasteiger partial charge in [0.1, 0.15) is 11.6 Å². The summed E-state index contributed by atoms with van der Waals surface area (Å²) in [5.41, 5.74) is 0.933. The number of H-pyrrole nitrogens is 1. The molecule has 0 unspecified atom stereocenters. The van der Waals surface area contributed by atoms with Crippen molar-refractivity contribution in [2.45, 2.75) is 33.1 Å². The van der Waals surface area contributed by atoms with E-state index in [0.717, 1.165) is 23.7 Å². The van der Waals surface area contributed by atoms with E-state index in [0.29, 0.717) is 11.6 Å². The van der Waals surface area contributed by atoms with Crippen molar-refractivity contribution in [2.75, 3.05) is 11.9 Å². The molecule has 0 aliphatic heterocycles. The highest BCUT2D eigenvalue weighted by Gasteiger charge is 2.05. The Bertz CT molecular complexity index is 603. The average Bonchev–Trinajstić information content (AvgIpc) is 2.74. The molecule has 0 amide bonds. The number of rotatable bonds is 5. The first-order valence-electron chi connectivity index (χ1n) is 6.30. The van der Waals surface area contributed by atoms with Crippen LogP contribution in [0.15, 0.2) is 16.2 Å². The maximum Gasteiger partial charge on any atom is 0.252 e. The lowest BCUT2D eigenvalue weighted by Gasteiger charge is -2.08. The number of hydrogen-bond donors (Lipinski definition) is 2. The molecule has 19 heavy (non-hydrogen) atoms. The number of aryl methyl sites for hydroxylation is 1. The molecule has 0 atom stereocenters. The Balaban J connectivity index is 1.97. The molecular formula is C13H18N4OS. The second-order valence-corrected chi connectivity index (χ2v) is 5.67. The zero-order chi connectivity index (χ0) is 13.8. The van der Waals surface area contributed by atoms with Gasteiger partial charge in [0.2, 0.25) is 0 Å². The third-order valence-corrected chi connectivity index (χ3v) is 3.64. The molecule has 2 aromatic heterocycles. The van der Waals surface area contributed by atoms with Crippen molar-refractivity contribution < 1.29 is 0 Å². The topological polar surface area (TPSA) is 70.7 Å². The molecule has 0 radical (unpaired) electrons. The van der Waals surface area contributed by atoms with Gasteiger partial charge in [-0.15, -0.1) is 11.3 Å². The predicted octanol–water partition coefficient (Wildman–Crippen LogP) is 2.31. The summed E-state index contributed by atoms with van der Waals surface area (Å²) in [5, 5.41) is 6.31. The Hall–Kier alpha value is -1.69. The van der Waals surface area contributed by atoms with Crippen LogP contribution in [0.4, 0.5) is 5.82 Å². The monoisotopic (exact) mass is 278 g/mol. The molecule has 2 heterocycles. The molecule has 0 saturated heterocycles. The molecule has 0 bridgehead atoms. The van der Waals surface area contributed by atoms with Crippen LogP contribution in [0.2, 0.25) is 0 Å². The van der Waals surface area contributed by atoms with Gasteiger partial charge < -0.3 is 10.3 Å². The van der Waals surface area contributed by atoms with Gasteiger partial charge in [-0.05, 0) is 6.92 Å². The molecule has 0 fully saturated rings. The highest BCUT2D eigenvalue weighted by molar-refractivity contribution is 7.09. The first-order chi connectivity index (χ1) is 9.04. The van der Waals surface area contributed by atoms with Gasteiger partial charge in [0, 0.05) is 36.0 Å². The second kappa shape index (κ2) is 5.97. The van der Waals surface area contributed by atoms with Gasteiger partial charge in [-0.25, -0.2) is 9.97 Å². The summed E-state index contributed by atoms with van der Waals surface area (Å²) in [5.74, 6) is 1.54. The SMILES string of the molecule is Cc1csc(CCNc2cc(=O)[nH]c(C(C)C)n2)n1. The summed E-state index contributed by atoms with van der Waals surface area (Å²) >= 11 is 1.66. The first kappa shape index (κ1) is 13.7. The summed E-state index contributed by atoms with van der Waals surface area (Å²) in [6.07, 6.45) is 0.837. The number of thiazole rings is 1. The smallest absolute Gasteiger partial charge is 0.252 e. The Kier molecular flexibility index (Phi) is 4.31. The fourth-order valence-corrected chi connectivity index (χ4v) is 2.43. The minimum atomic E-state index is -0.119. The van der Waals surface area contributed by atoms with Crippen LogP contribution in [0, 0.1) is 6.92 Å². The Morgan fingerprint density at radius 2 is 2.21 bits per heavy atom. The highest BCUT2D eigenvalue weighted by Crippen LogP contribution is 2.11. The maximum atomic E-state index is 11.5. The van der Waals surface area contributed by atoms with E-state index < -0.39 is 0 Å². The summed E-state index contributed by atoms with van der Waals surface area (Å²) in [6.45, 7) is 6.71. The van der Waals surface area contributed by atoms with Gasteiger partial charge in [0.25, 0.3) is 5.56 Å². The number of aromatic amines is 1. The van der Waals surface area contributed by atoms with E-state index in [1.54, 1.807) is 11.3 Å². The molecule has 0 aliphatic rings. The predicted molar refractivity (Wildman–Crippen MR) is 78.0 cm³/mol. The molecule has 6 heteroatoms. The van der Waals surface area contributed by atoms with Gasteiger partial charge in [-0.3, -0.25) is 4.79 Å². The summed E-state index contributed by atoms with van der Waals surface area (Å²) in [4.78, 5) is 23.0.